The fraction of sp³-hybridized carbons (Fsp3) is 0.167. The van der Waals surface area contributed by atoms with E-state index >= 15 is 0 Å². The van der Waals surface area contributed by atoms with E-state index in [0.717, 1.165) is 0 Å². The quantitative estimate of drug-likeness (QED) is 0.794. The molecule has 3 nitrogen and oxygen atoms in total. The summed E-state index contributed by atoms with van der Waals surface area (Å²) in [6.07, 6.45) is 0.615. The second-order valence-corrected chi connectivity index (χ2v) is 5.19. The van der Waals surface area contributed by atoms with E-state index in [1.807, 2.05) is 6.92 Å². The Morgan fingerprint density at radius 3 is 2.68 bits per heavy atom. The number of rotatable bonds is 3. The maximum Gasteiger partial charge on any atom is 0.200 e. The summed E-state index contributed by atoms with van der Waals surface area (Å²) in [6.45, 7) is 1.91. The summed E-state index contributed by atoms with van der Waals surface area (Å²) in [6, 6.07) is 12.5. The van der Waals surface area contributed by atoms with Gasteiger partial charge < -0.3 is 10.2 Å². The van der Waals surface area contributed by atoms with E-state index in [1.54, 1.807) is 36.4 Å². The number of halogens is 1. The minimum Gasteiger partial charge on any atom is -0.458 e. The fourth-order valence-electron chi connectivity index (χ4n) is 2.52. The molecular weight excluding hydrogens is 281 g/mol. The third kappa shape index (κ3) is 2.42. The van der Waals surface area contributed by atoms with Crippen molar-refractivity contribution in [2.45, 2.75) is 19.4 Å². The third-order valence-corrected chi connectivity index (χ3v) is 3.71. The first-order chi connectivity index (χ1) is 10.6. The van der Waals surface area contributed by atoms with Crippen LogP contribution >= 0.6 is 0 Å². The molecule has 1 aromatic heterocycles. The van der Waals surface area contributed by atoms with Gasteiger partial charge in [0.05, 0.1) is 17.0 Å². The normalized spacial score (nSPS) is 12.5. The summed E-state index contributed by atoms with van der Waals surface area (Å²) < 4.78 is 19.4. The van der Waals surface area contributed by atoms with Crippen LogP contribution in [0, 0.1) is 5.82 Å². The van der Waals surface area contributed by atoms with E-state index in [4.69, 9.17) is 10.2 Å². The van der Waals surface area contributed by atoms with Gasteiger partial charge in [-0.2, -0.15) is 0 Å². The van der Waals surface area contributed by atoms with E-state index in [0.29, 0.717) is 34.3 Å². The van der Waals surface area contributed by atoms with Crippen molar-refractivity contribution in [3.8, 4) is 11.1 Å². The molecule has 0 aliphatic heterocycles. The van der Waals surface area contributed by atoms with E-state index in [1.165, 1.54) is 12.1 Å². The van der Waals surface area contributed by atoms with Gasteiger partial charge in [0.25, 0.3) is 0 Å². The Kier molecular flexibility index (Phi) is 3.77. The smallest absolute Gasteiger partial charge is 0.200 e. The maximum atomic E-state index is 13.5. The number of fused-ring (bicyclic) bond motifs is 1. The highest BCUT2D eigenvalue weighted by molar-refractivity contribution is 5.82. The highest BCUT2D eigenvalue weighted by Gasteiger charge is 2.20. The molecule has 4 heteroatoms. The number of hydrogen-bond donors (Lipinski definition) is 1. The maximum absolute atomic E-state index is 13.5. The first kappa shape index (κ1) is 14.5. The molecule has 0 bridgehead atoms. The Hall–Kier alpha value is -2.46. The first-order valence-corrected chi connectivity index (χ1v) is 7.19. The minimum absolute atomic E-state index is 0.189. The molecule has 1 atom stereocenters. The molecule has 0 saturated heterocycles. The number of para-hydroxylation sites is 1. The van der Waals surface area contributed by atoms with Crippen molar-refractivity contribution >= 4 is 11.0 Å². The molecule has 3 rings (SSSR count). The Labute approximate surface area is 127 Å². The molecule has 2 N–H and O–H groups in total. The molecule has 0 fully saturated rings. The summed E-state index contributed by atoms with van der Waals surface area (Å²) in [5.74, 6) is -0.00196. The van der Waals surface area contributed by atoms with Crippen LogP contribution in [0.5, 0.6) is 0 Å². The van der Waals surface area contributed by atoms with Gasteiger partial charge in [-0.05, 0) is 36.2 Å². The van der Waals surface area contributed by atoms with Crippen LogP contribution in [0.4, 0.5) is 4.39 Å². The van der Waals surface area contributed by atoms with Gasteiger partial charge in [0.1, 0.15) is 17.2 Å². The Morgan fingerprint density at radius 2 is 1.95 bits per heavy atom. The number of benzene rings is 2. The zero-order chi connectivity index (χ0) is 15.7. The second kappa shape index (κ2) is 5.73. The van der Waals surface area contributed by atoms with E-state index in [-0.39, 0.29) is 5.43 Å². The fourth-order valence-corrected chi connectivity index (χ4v) is 2.52. The average molecular weight is 297 g/mol. The molecule has 3 aromatic rings. The van der Waals surface area contributed by atoms with Crippen LogP contribution in [0.2, 0.25) is 0 Å². The lowest BCUT2D eigenvalue weighted by Gasteiger charge is -2.14. The highest BCUT2D eigenvalue weighted by Crippen LogP contribution is 2.29. The van der Waals surface area contributed by atoms with Crippen LogP contribution in [0.15, 0.2) is 57.7 Å². The molecule has 0 unspecified atom stereocenters. The van der Waals surface area contributed by atoms with E-state index in [2.05, 4.69) is 0 Å². The van der Waals surface area contributed by atoms with Gasteiger partial charge in [0.15, 0.2) is 0 Å². The zero-order valence-corrected chi connectivity index (χ0v) is 12.2. The third-order valence-electron chi connectivity index (χ3n) is 3.71. The molecule has 0 amide bonds. The van der Waals surface area contributed by atoms with Crippen LogP contribution in [0.3, 0.4) is 0 Å². The van der Waals surface area contributed by atoms with Gasteiger partial charge >= 0.3 is 0 Å². The predicted molar refractivity (Wildman–Crippen MR) is 85.1 cm³/mol. The summed E-state index contributed by atoms with van der Waals surface area (Å²) in [5.41, 5.74) is 7.23. The van der Waals surface area contributed by atoms with Crippen LogP contribution in [-0.4, -0.2) is 0 Å². The zero-order valence-electron chi connectivity index (χ0n) is 12.2. The standard InChI is InChI=1S/C18H16FNO2/c1-2-14(20)18-16(11-6-5-7-12(19)10-11)17(21)13-8-3-4-9-15(13)22-18/h3-10,14H,2,20H2,1H3/t14-/m0/s1. The van der Waals surface area contributed by atoms with Crippen LogP contribution in [0.25, 0.3) is 22.1 Å². The van der Waals surface area contributed by atoms with Crippen molar-refractivity contribution < 1.29 is 8.81 Å². The van der Waals surface area contributed by atoms with E-state index in [9.17, 15) is 9.18 Å². The lowest BCUT2D eigenvalue weighted by Crippen LogP contribution is -2.16. The van der Waals surface area contributed by atoms with Crippen molar-refractivity contribution in [1.29, 1.82) is 0 Å². The average Bonchev–Trinajstić information content (AvgIpc) is 2.54. The summed E-state index contributed by atoms with van der Waals surface area (Å²) in [5, 5.41) is 0.466. The van der Waals surface area contributed by atoms with Gasteiger partial charge in [0.2, 0.25) is 5.43 Å². The van der Waals surface area contributed by atoms with Crippen molar-refractivity contribution in [3.63, 3.8) is 0 Å². The van der Waals surface area contributed by atoms with Gasteiger partial charge in [0, 0.05) is 0 Å². The van der Waals surface area contributed by atoms with E-state index < -0.39 is 11.9 Å². The second-order valence-electron chi connectivity index (χ2n) is 5.19. The van der Waals surface area contributed by atoms with Crippen molar-refractivity contribution in [2.24, 2.45) is 5.73 Å². The molecule has 0 saturated carbocycles. The van der Waals surface area contributed by atoms with Crippen molar-refractivity contribution in [3.05, 3.63) is 70.3 Å². The van der Waals surface area contributed by atoms with Crippen LogP contribution in [-0.2, 0) is 0 Å². The summed E-state index contributed by atoms with van der Waals surface area (Å²) >= 11 is 0. The Morgan fingerprint density at radius 1 is 1.18 bits per heavy atom. The number of nitrogens with two attached hydrogens (primary N) is 1. The topological polar surface area (TPSA) is 56.2 Å². The summed E-state index contributed by atoms with van der Waals surface area (Å²) in [7, 11) is 0. The molecule has 0 aliphatic rings. The summed E-state index contributed by atoms with van der Waals surface area (Å²) in [4.78, 5) is 12.8. The number of hydrogen-bond acceptors (Lipinski definition) is 3. The lowest BCUT2D eigenvalue weighted by molar-refractivity contribution is 0.480. The largest absolute Gasteiger partial charge is 0.458 e. The lowest BCUT2D eigenvalue weighted by atomic mass is 9.98. The monoisotopic (exact) mass is 297 g/mol. The minimum atomic E-state index is -0.421. The van der Waals surface area contributed by atoms with Gasteiger partial charge in [-0.25, -0.2) is 4.39 Å². The van der Waals surface area contributed by atoms with Crippen molar-refractivity contribution in [1.82, 2.24) is 0 Å². The molecule has 1 heterocycles. The molecule has 2 aromatic carbocycles. The highest BCUT2D eigenvalue weighted by atomic mass is 19.1. The van der Waals surface area contributed by atoms with Gasteiger partial charge in [-0.3, -0.25) is 4.79 Å². The molecule has 0 spiro atoms. The van der Waals surface area contributed by atoms with Crippen LogP contribution < -0.4 is 11.2 Å². The first-order valence-electron chi connectivity index (χ1n) is 7.19. The SMILES string of the molecule is CC[C@H](N)c1oc2ccccc2c(=O)c1-c1cccc(F)c1. The molecule has 112 valence electrons. The van der Waals surface area contributed by atoms with Crippen molar-refractivity contribution in [2.75, 3.05) is 0 Å². The Balaban J connectivity index is 2.40. The van der Waals surface area contributed by atoms with Crippen LogP contribution in [0.1, 0.15) is 25.1 Å². The molecule has 22 heavy (non-hydrogen) atoms. The Bertz CT molecular complexity index is 886. The molecule has 0 radical (unpaired) electrons. The van der Waals surface area contributed by atoms with Gasteiger partial charge in [-0.15, -0.1) is 0 Å². The molecule has 0 aliphatic carbocycles. The predicted octanol–water partition coefficient (Wildman–Crippen LogP) is 4.01. The van der Waals surface area contributed by atoms with Gasteiger partial charge in [-0.1, -0.05) is 31.2 Å². The molecular formula is C18H16FNO2.